The number of H-pyrrole nitrogens is 1. The first-order valence-corrected chi connectivity index (χ1v) is 8.57. The van der Waals surface area contributed by atoms with Crippen LogP contribution < -0.4 is 5.32 Å². The third kappa shape index (κ3) is 3.77. The lowest BCUT2D eigenvalue weighted by Gasteiger charge is -2.04. The van der Waals surface area contributed by atoms with Crippen LogP contribution in [0.1, 0.15) is 47.1 Å². The van der Waals surface area contributed by atoms with Gasteiger partial charge in [-0.05, 0) is 30.5 Å². The molecule has 2 aromatic heterocycles. The minimum Gasteiger partial charge on any atom is -0.305 e. The fourth-order valence-electron chi connectivity index (χ4n) is 2.55. The molecule has 0 aliphatic carbocycles. The molecule has 0 aliphatic rings. The molecule has 136 valence electrons. The molecule has 0 bridgehead atoms. The first-order valence-electron chi connectivity index (χ1n) is 8.19. The summed E-state index contributed by atoms with van der Waals surface area (Å²) in [5.74, 6) is 0.0216. The summed E-state index contributed by atoms with van der Waals surface area (Å²) in [5.41, 5.74) is 2.56. The topological polar surface area (TPSA) is 75.6 Å². The van der Waals surface area contributed by atoms with Crippen molar-refractivity contribution in [1.82, 2.24) is 20.0 Å². The van der Waals surface area contributed by atoms with Crippen LogP contribution in [-0.4, -0.2) is 25.9 Å². The molecule has 3 aromatic rings. The Hall–Kier alpha value is -2.67. The van der Waals surface area contributed by atoms with E-state index in [9.17, 15) is 9.18 Å². The quantitative estimate of drug-likeness (QED) is 0.704. The second kappa shape index (κ2) is 7.29. The maximum atomic E-state index is 13.0. The van der Waals surface area contributed by atoms with Gasteiger partial charge in [0.2, 0.25) is 0 Å². The number of aryl methyl sites for hydroxylation is 1. The zero-order valence-corrected chi connectivity index (χ0v) is 15.4. The number of anilines is 1. The number of aromatic nitrogens is 4. The molecular weight excluding hydrogens is 357 g/mol. The normalized spacial score (nSPS) is 11.2. The van der Waals surface area contributed by atoms with Gasteiger partial charge in [-0.15, -0.1) is 0 Å². The Bertz CT molecular complexity index is 930. The maximum absolute atomic E-state index is 13.0. The van der Waals surface area contributed by atoms with E-state index in [-0.39, 0.29) is 22.8 Å². The second-order valence-electron chi connectivity index (χ2n) is 6.35. The molecule has 0 aliphatic heterocycles. The molecule has 1 amide bonds. The van der Waals surface area contributed by atoms with Gasteiger partial charge in [0.15, 0.2) is 5.82 Å². The van der Waals surface area contributed by atoms with Gasteiger partial charge >= 0.3 is 0 Å². The van der Waals surface area contributed by atoms with Crippen molar-refractivity contribution in [3.05, 3.63) is 63.8 Å². The van der Waals surface area contributed by atoms with Crippen LogP contribution in [0.4, 0.5) is 10.2 Å². The van der Waals surface area contributed by atoms with Crippen LogP contribution in [0.25, 0.3) is 0 Å². The van der Waals surface area contributed by atoms with E-state index in [1.54, 1.807) is 25.1 Å². The first-order chi connectivity index (χ1) is 12.3. The van der Waals surface area contributed by atoms with Crippen LogP contribution in [0.5, 0.6) is 0 Å². The number of benzene rings is 1. The molecule has 2 heterocycles. The molecular formula is C18H19ClFN5O. The predicted molar refractivity (Wildman–Crippen MR) is 98.1 cm³/mol. The van der Waals surface area contributed by atoms with Crippen LogP contribution >= 0.6 is 11.6 Å². The van der Waals surface area contributed by atoms with Gasteiger partial charge in [0.05, 0.1) is 17.8 Å². The summed E-state index contributed by atoms with van der Waals surface area (Å²) in [5, 5.41) is 14.2. The lowest BCUT2D eigenvalue weighted by Crippen LogP contribution is -2.13. The Balaban J connectivity index is 1.80. The molecule has 3 rings (SSSR count). The highest BCUT2D eigenvalue weighted by molar-refractivity contribution is 6.33. The van der Waals surface area contributed by atoms with Gasteiger partial charge in [-0.25, -0.2) is 9.07 Å². The Morgan fingerprint density at radius 1 is 1.35 bits per heavy atom. The van der Waals surface area contributed by atoms with Gasteiger partial charge in [-0.3, -0.25) is 9.89 Å². The van der Waals surface area contributed by atoms with Crippen molar-refractivity contribution in [2.24, 2.45) is 0 Å². The summed E-state index contributed by atoms with van der Waals surface area (Å²) in [7, 11) is 0. The van der Waals surface area contributed by atoms with Crippen LogP contribution in [0.3, 0.4) is 0 Å². The summed E-state index contributed by atoms with van der Waals surface area (Å²) >= 11 is 6.36. The van der Waals surface area contributed by atoms with Crippen molar-refractivity contribution in [3.8, 4) is 0 Å². The van der Waals surface area contributed by atoms with Crippen LogP contribution in [0.2, 0.25) is 5.15 Å². The Kier molecular flexibility index (Phi) is 5.08. The minimum absolute atomic E-state index is 0.226. The summed E-state index contributed by atoms with van der Waals surface area (Å²) in [6, 6.07) is 7.84. The molecule has 0 atom stereocenters. The average Bonchev–Trinajstić information content (AvgIpc) is 3.15. The lowest BCUT2D eigenvalue weighted by molar-refractivity contribution is 0.102. The monoisotopic (exact) mass is 375 g/mol. The Morgan fingerprint density at radius 2 is 2.04 bits per heavy atom. The van der Waals surface area contributed by atoms with Crippen molar-refractivity contribution < 1.29 is 9.18 Å². The molecule has 8 heteroatoms. The number of amides is 1. The molecule has 0 saturated carbocycles. The Labute approximate surface area is 155 Å². The number of nitrogens with zero attached hydrogens (tertiary/aromatic N) is 3. The second-order valence-corrected chi connectivity index (χ2v) is 6.71. The third-order valence-electron chi connectivity index (χ3n) is 4.00. The molecule has 0 saturated heterocycles. The molecule has 0 radical (unpaired) electrons. The third-order valence-corrected chi connectivity index (χ3v) is 4.38. The number of aromatic amines is 1. The summed E-state index contributed by atoms with van der Waals surface area (Å²) in [6.45, 7) is 6.11. The van der Waals surface area contributed by atoms with Crippen LogP contribution in [0, 0.1) is 12.7 Å². The van der Waals surface area contributed by atoms with Crippen molar-refractivity contribution in [2.75, 3.05) is 5.32 Å². The van der Waals surface area contributed by atoms with E-state index in [0.29, 0.717) is 23.6 Å². The van der Waals surface area contributed by atoms with E-state index >= 15 is 0 Å². The lowest BCUT2D eigenvalue weighted by atomic mass is 10.1. The van der Waals surface area contributed by atoms with Crippen molar-refractivity contribution in [2.45, 2.75) is 33.2 Å². The number of nitrogens with one attached hydrogen (secondary N) is 2. The SMILES string of the molecule is Cc1nn(Cc2ccc(F)cc2)c(Cl)c1C(=O)Nc1cc(C(C)C)[nH]n1. The van der Waals surface area contributed by atoms with Gasteiger partial charge in [0.1, 0.15) is 11.0 Å². The van der Waals surface area contributed by atoms with E-state index < -0.39 is 0 Å². The van der Waals surface area contributed by atoms with E-state index in [1.165, 1.54) is 16.8 Å². The van der Waals surface area contributed by atoms with Crippen molar-refractivity contribution >= 4 is 23.3 Å². The van der Waals surface area contributed by atoms with Crippen molar-refractivity contribution in [3.63, 3.8) is 0 Å². The van der Waals surface area contributed by atoms with E-state index in [2.05, 4.69) is 20.6 Å². The number of hydrogen-bond acceptors (Lipinski definition) is 3. The van der Waals surface area contributed by atoms with Gasteiger partial charge in [0, 0.05) is 11.8 Å². The van der Waals surface area contributed by atoms with Gasteiger partial charge < -0.3 is 5.32 Å². The fourth-order valence-corrected chi connectivity index (χ4v) is 2.87. The van der Waals surface area contributed by atoms with E-state index in [4.69, 9.17) is 11.6 Å². The number of hydrogen-bond donors (Lipinski definition) is 2. The average molecular weight is 376 g/mol. The molecule has 26 heavy (non-hydrogen) atoms. The number of carbonyl (C=O) groups is 1. The highest BCUT2D eigenvalue weighted by atomic mass is 35.5. The predicted octanol–water partition coefficient (Wildman–Crippen LogP) is 4.13. The van der Waals surface area contributed by atoms with Gasteiger partial charge in [0.25, 0.3) is 5.91 Å². The summed E-state index contributed by atoms with van der Waals surface area (Å²) in [6.07, 6.45) is 0. The fraction of sp³-hybridized carbons (Fsp3) is 0.278. The largest absolute Gasteiger partial charge is 0.305 e. The smallest absolute Gasteiger partial charge is 0.261 e. The molecule has 1 aromatic carbocycles. The van der Waals surface area contributed by atoms with E-state index in [0.717, 1.165) is 11.3 Å². The highest BCUT2D eigenvalue weighted by Crippen LogP contribution is 2.23. The minimum atomic E-state index is -0.375. The zero-order valence-electron chi connectivity index (χ0n) is 14.7. The number of carbonyl (C=O) groups excluding carboxylic acids is 1. The van der Waals surface area contributed by atoms with E-state index in [1.807, 2.05) is 13.8 Å². The van der Waals surface area contributed by atoms with Crippen LogP contribution in [-0.2, 0) is 6.54 Å². The Morgan fingerprint density at radius 3 is 2.65 bits per heavy atom. The molecule has 6 nitrogen and oxygen atoms in total. The van der Waals surface area contributed by atoms with Crippen molar-refractivity contribution in [1.29, 1.82) is 0 Å². The van der Waals surface area contributed by atoms with Gasteiger partial charge in [-0.1, -0.05) is 37.6 Å². The van der Waals surface area contributed by atoms with Crippen LogP contribution in [0.15, 0.2) is 30.3 Å². The molecule has 0 fully saturated rings. The van der Waals surface area contributed by atoms with Gasteiger partial charge in [-0.2, -0.15) is 10.2 Å². The molecule has 2 N–H and O–H groups in total. The highest BCUT2D eigenvalue weighted by Gasteiger charge is 2.21. The molecule has 0 spiro atoms. The standard InChI is InChI=1S/C18H19ClFN5O/c1-10(2)14-8-15(23-22-14)21-18(26)16-11(3)24-25(17(16)19)9-12-4-6-13(20)7-5-12/h4-8,10H,9H2,1-3H3,(H2,21,22,23,26). The zero-order chi connectivity index (χ0) is 18.8. The summed E-state index contributed by atoms with van der Waals surface area (Å²) in [4.78, 5) is 12.6. The number of rotatable bonds is 5. The number of halogens is 2. The summed E-state index contributed by atoms with van der Waals surface area (Å²) < 4.78 is 14.5. The maximum Gasteiger partial charge on any atom is 0.261 e. The first kappa shape index (κ1) is 18.1. The molecule has 0 unspecified atom stereocenters.